The minimum absolute atomic E-state index is 0.393. The summed E-state index contributed by atoms with van der Waals surface area (Å²) < 4.78 is 5.21. The van der Waals surface area contributed by atoms with Crippen LogP contribution < -0.4 is 5.32 Å². The molecule has 2 atom stereocenters. The van der Waals surface area contributed by atoms with Crippen LogP contribution in [0, 0.1) is 17.8 Å². The molecule has 3 N–H and O–H groups in total. The van der Waals surface area contributed by atoms with Gasteiger partial charge >= 0.3 is 12.1 Å². The summed E-state index contributed by atoms with van der Waals surface area (Å²) in [5.41, 5.74) is -0.642. The SMILES string of the molecule is CC(C)(C)OC(=O)N[C@@H](CC1CCCCC1)C(O)C#CC(=O)O. The summed E-state index contributed by atoms with van der Waals surface area (Å²) in [5, 5.41) is 21.4. The number of alkyl carbamates (subject to hydrolysis) is 1. The Morgan fingerprint density at radius 3 is 2.39 bits per heavy atom. The number of carbonyl (C=O) groups excluding carboxylic acids is 1. The van der Waals surface area contributed by atoms with Gasteiger partial charge in [-0.2, -0.15) is 0 Å². The number of carbonyl (C=O) groups is 2. The molecule has 0 saturated heterocycles. The van der Waals surface area contributed by atoms with Crippen LogP contribution >= 0.6 is 0 Å². The number of hydrogen-bond donors (Lipinski definition) is 3. The van der Waals surface area contributed by atoms with E-state index in [9.17, 15) is 14.7 Å². The van der Waals surface area contributed by atoms with E-state index >= 15 is 0 Å². The van der Waals surface area contributed by atoms with Crippen LogP contribution in [0.3, 0.4) is 0 Å². The number of hydrogen-bond acceptors (Lipinski definition) is 4. The molecule has 1 aliphatic carbocycles. The molecular weight excluding hydrogens is 298 g/mol. The maximum absolute atomic E-state index is 11.9. The van der Waals surface area contributed by atoms with E-state index in [4.69, 9.17) is 9.84 Å². The molecule has 0 aliphatic heterocycles. The Labute approximate surface area is 137 Å². The maximum Gasteiger partial charge on any atom is 0.407 e. The zero-order valence-corrected chi connectivity index (χ0v) is 14.1. The minimum Gasteiger partial charge on any atom is -0.472 e. The predicted octanol–water partition coefficient (Wildman–Crippen LogP) is 2.30. The van der Waals surface area contributed by atoms with Crippen molar-refractivity contribution in [1.82, 2.24) is 5.32 Å². The fraction of sp³-hybridized carbons (Fsp3) is 0.765. The van der Waals surface area contributed by atoms with E-state index in [1.165, 1.54) is 6.42 Å². The molecular formula is C17H27NO5. The van der Waals surface area contributed by atoms with Gasteiger partial charge in [-0.3, -0.25) is 0 Å². The van der Waals surface area contributed by atoms with Gasteiger partial charge < -0.3 is 20.3 Å². The van der Waals surface area contributed by atoms with E-state index in [2.05, 4.69) is 11.2 Å². The topological polar surface area (TPSA) is 95.9 Å². The van der Waals surface area contributed by atoms with Gasteiger partial charge in [0.1, 0.15) is 11.7 Å². The average Bonchev–Trinajstić information content (AvgIpc) is 2.43. The number of carboxylic acid groups (broad SMARTS) is 1. The fourth-order valence-corrected chi connectivity index (χ4v) is 2.74. The summed E-state index contributed by atoms with van der Waals surface area (Å²) in [5.74, 6) is 3.27. The fourth-order valence-electron chi connectivity index (χ4n) is 2.74. The third-order valence-corrected chi connectivity index (χ3v) is 3.72. The van der Waals surface area contributed by atoms with Crippen LogP contribution in [0.2, 0.25) is 0 Å². The predicted molar refractivity (Wildman–Crippen MR) is 85.8 cm³/mol. The molecule has 0 radical (unpaired) electrons. The van der Waals surface area contributed by atoms with E-state index in [0.717, 1.165) is 25.7 Å². The third kappa shape index (κ3) is 8.46. The molecule has 1 aliphatic rings. The first kappa shape index (κ1) is 19.3. The third-order valence-electron chi connectivity index (χ3n) is 3.72. The molecule has 1 fully saturated rings. The lowest BCUT2D eigenvalue weighted by Gasteiger charge is -2.29. The van der Waals surface area contributed by atoms with Gasteiger partial charge in [0.25, 0.3) is 0 Å². The summed E-state index contributed by atoms with van der Waals surface area (Å²) in [6.45, 7) is 5.26. The highest BCUT2D eigenvalue weighted by molar-refractivity contribution is 5.86. The van der Waals surface area contributed by atoms with Gasteiger partial charge in [0.05, 0.1) is 6.04 Å². The highest BCUT2D eigenvalue weighted by Gasteiger charge is 2.27. The first-order valence-corrected chi connectivity index (χ1v) is 8.09. The van der Waals surface area contributed by atoms with Crippen LogP contribution in [0.25, 0.3) is 0 Å². The van der Waals surface area contributed by atoms with Gasteiger partial charge in [-0.15, -0.1) is 0 Å². The van der Waals surface area contributed by atoms with Crippen molar-refractivity contribution in [2.45, 2.75) is 77.0 Å². The maximum atomic E-state index is 11.9. The summed E-state index contributed by atoms with van der Waals surface area (Å²) in [7, 11) is 0. The van der Waals surface area contributed by atoms with E-state index < -0.39 is 29.8 Å². The number of aliphatic hydroxyl groups excluding tert-OH is 1. The molecule has 130 valence electrons. The van der Waals surface area contributed by atoms with E-state index in [-0.39, 0.29) is 0 Å². The van der Waals surface area contributed by atoms with Gasteiger partial charge in [0.2, 0.25) is 0 Å². The molecule has 1 unspecified atom stereocenters. The lowest BCUT2D eigenvalue weighted by atomic mass is 9.84. The van der Waals surface area contributed by atoms with Crippen LogP contribution in [-0.4, -0.2) is 40.0 Å². The molecule has 1 amide bonds. The van der Waals surface area contributed by atoms with Gasteiger partial charge in [-0.25, -0.2) is 9.59 Å². The summed E-state index contributed by atoms with van der Waals surface area (Å²) in [4.78, 5) is 22.5. The van der Waals surface area contributed by atoms with Crippen LogP contribution in [0.15, 0.2) is 0 Å². The smallest absolute Gasteiger partial charge is 0.407 e. The Morgan fingerprint density at radius 2 is 1.87 bits per heavy atom. The number of nitrogens with one attached hydrogen (secondary N) is 1. The zero-order valence-electron chi connectivity index (χ0n) is 14.1. The second kappa shape index (κ2) is 8.78. The summed E-state index contributed by atoms with van der Waals surface area (Å²) in [6, 6.07) is -0.639. The summed E-state index contributed by atoms with van der Waals surface area (Å²) >= 11 is 0. The molecule has 0 bridgehead atoms. The number of aliphatic carboxylic acids is 1. The quantitative estimate of drug-likeness (QED) is 0.689. The normalized spacial score (nSPS) is 18.3. The van der Waals surface area contributed by atoms with Crippen molar-refractivity contribution in [3.63, 3.8) is 0 Å². The molecule has 6 nitrogen and oxygen atoms in total. The zero-order chi connectivity index (χ0) is 17.5. The molecule has 0 spiro atoms. The van der Waals surface area contributed by atoms with Crippen molar-refractivity contribution in [3.8, 4) is 11.8 Å². The molecule has 0 heterocycles. The lowest BCUT2D eigenvalue weighted by Crippen LogP contribution is -2.46. The Kier molecular flexibility index (Phi) is 7.37. The van der Waals surface area contributed by atoms with Crippen molar-refractivity contribution in [2.75, 3.05) is 0 Å². The van der Waals surface area contributed by atoms with Crippen LogP contribution in [0.5, 0.6) is 0 Å². The van der Waals surface area contributed by atoms with Crippen molar-refractivity contribution in [3.05, 3.63) is 0 Å². The number of amides is 1. The van der Waals surface area contributed by atoms with Gasteiger partial charge in [-0.1, -0.05) is 38.0 Å². The first-order chi connectivity index (χ1) is 10.7. The Morgan fingerprint density at radius 1 is 1.26 bits per heavy atom. The molecule has 23 heavy (non-hydrogen) atoms. The number of rotatable bonds is 4. The van der Waals surface area contributed by atoms with E-state index in [0.29, 0.717) is 12.3 Å². The Hall–Kier alpha value is -1.74. The Bertz CT molecular complexity index is 466. The highest BCUT2D eigenvalue weighted by Crippen LogP contribution is 2.28. The monoisotopic (exact) mass is 325 g/mol. The van der Waals surface area contributed by atoms with E-state index in [1.54, 1.807) is 20.8 Å². The Balaban J connectivity index is 2.72. The number of carboxylic acids is 1. The van der Waals surface area contributed by atoms with Crippen LogP contribution in [-0.2, 0) is 9.53 Å². The van der Waals surface area contributed by atoms with Crippen molar-refractivity contribution >= 4 is 12.1 Å². The molecule has 1 saturated carbocycles. The molecule has 6 heteroatoms. The minimum atomic E-state index is -1.31. The van der Waals surface area contributed by atoms with Gasteiger partial charge in [-0.05, 0) is 33.1 Å². The van der Waals surface area contributed by atoms with Crippen molar-refractivity contribution in [2.24, 2.45) is 5.92 Å². The van der Waals surface area contributed by atoms with Gasteiger partial charge in [0, 0.05) is 5.92 Å². The van der Waals surface area contributed by atoms with Crippen molar-refractivity contribution in [1.29, 1.82) is 0 Å². The van der Waals surface area contributed by atoms with Crippen LogP contribution in [0.4, 0.5) is 4.79 Å². The second-order valence-electron chi connectivity index (χ2n) is 7.01. The average molecular weight is 325 g/mol. The molecule has 1 rings (SSSR count). The number of ether oxygens (including phenoxy) is 1. The molecule has 0 aromatic rings. The lowest BCUT2D eigenvalue weighted by molar-refractivity contribution is -0.130. The van der Waals surface area contributed by atoms with Crippen molar-refractivity contribution < 1.29 is 24.5 Å². The summed E-state index contributed by atoms with van der Waals surface area (Å²) in [6.07, 6.45) is 4.28. The first-order valence-electron chi connectivity index (χ1n) is 8.09. The van der Waals surface area contributed by atoms with Crippen LogP contribution in [0.1, 0.15) is 59.3 Å². The molecule has 0 aromatic heterocycles. The largest absolute Gasteiger partial charge is 0.472 e. The number of aliphatic hydroxyl groups is 1. The second-order valence-corrected chi connectivity index (χ2v) is 7.01. The molecule has 0 aromatic carbocycles. The van der Waals surface area contributed by atoms with E-state index in [1.807, 2.05) is 5.92 Å². The highest BCUT2D eigenvalue weighted by atomic mass is 16.6. The standard InChI is InChI=1S/C17H27NO5/c1-17(2,3)23-16(22)18-13(14(19)9-10-15(20)21)11-12-7-5-4-6-8-12/h12-14,19H,4-8,11H2,1-3H3,(H,18,22)(H,20,21)/t13-,14?/m0/s1. The van der Waals surface area contributed by atoms with Gasteiger partial charge in [0.15, 0.2) is 0 Å².